The van der Waals surface area contributed by atoms with Gasteiger partial charge >= 0.3 is 41.9 Å². The summed E-state index contributed by atoms with van der Waals surface area (Å²) < 4.78 is 5.13. The molecule has 0 atom stereocenters. The summed E-state index contributed by atoms with van der Waals surface area (Å²) in [6, 6.07) is 16.8. The number of halogens is 2. The molecule has 0 amide bonds. The van der Waals surface area contributed by atoms with Crippen molar-refractivity contribution in [3.8, 4) is 5.75 Å². The molecule has 0 aromatic heterocycles. The van der Waals surface area contributed by atoms with Crippen molar-refractivity contribution in [2.75, 3.05) is 7.11 Å². The molecule has 2 aromatic rings. The van der Waals surface area contributed by atoms with Crippen LogP contribution in [0.3, 0.4) is 0 Å². The van der Waals surface area contributed by atoms with Crippen LogP contribution in [0.2, 0.25) is 0 Å². The zero-order valence-corrected chi connectivity index (χ0v) is 15.8. The SMILES string of the molecule is COc1ccc([P-]c2ccc(C)cc2)cc1.[Cl-].[Cl-].[Li+].[Mg+2]. The van der Waals surface area contributed by atoms with Crippen molar-refractivity contribution >= 4 is 42.2 Å². The maximum absolute atomic E-state index is 5.13. The van der Waals surface area contributed by atoms with Crippen LogP contribution in [0.15, 0.2) is 48.5 Å². The number of aryl methyl sites for hydroxylation is 1. The maximum atomic E-state index is 5.13. The third-order valence-electron chi connectivity index (χ3n) is 2.36. The molecule has 2 rings (SSSR count). The molecule has 0 radical (unpaired) electrons. The Hall–Kier alpha value is 0.614. The first-order valence-electron chi connectivity index (χ1n) is 5.20. The van der Waals surface area contributed by atoms with Gasteiger partial charge in [0.15, 0.2) is 0 Å². The van der Waals surface area contributed by atoms with Crippen molar-refractivity contribution in [3.63, 3.8) is 0 Å². The van der Waals surface area contributed by atoms with Crippen molar-refractivity contribution in [1.82, 2.24) is 0 Å². The monoisotopic (exact) mass is 330 g/mol. The Morgan fingerprint density at radius 3 is 1.60 bits per heavy atom. The molecule has 0 fully saturated rings. The molecule has 0 spiro atoms. The molecule has 0 aliphatic heterocycles. The van der Waals surface area contributed by atoms with Crippen LogP contribution in [0.5, 0.6) is 5.75 Å². The van der Waals surface area contributed by atoms with E-state index < -0.39 is 0 Å². The Morgan fingerprint density at radius 2 is 1.20 bits per heavy atom. The van der Waals surface area contributed by atoms with Crippen molar-refractivity contribution in [2.45, 2.75) is 6.92 Å². The summed E-state index contributed by atoms with van der Waals surface area (Å²) >= 11 is 0. The summed E-state index contributed by atoms with van der Waals surface area (Å²) in [7, 11) is 2.92. The van der Waals surface area contributed by atoms with E-state index in [1.54, 1.807) is 7.11 Å². The van der Waals surface area contributed by atoms with Gasteiger partial charge < -0.3 is 38.1 Å². The van der Waals surface area contributed by atoms with Gasteiger partial charge in [0.05, 0.1) is 7.11 Å². The average molecular weight is 331 g/mol. The fourth-order valence-electron chi connectivity index (χ4n) is 1.43. The molecular formula is C14H14Cl2LiMgOP. The van der Waals surface area contributed by atoms with Crippen LogP contribution >= 0.6 is 8.58 Å². The predicted molar refractivity (Wildman–Crippen MR) is 76.1 cm³/mol. The number of benzene rings is 2. The molecule has 20 heavy (non-hydrogen) atoms. The van der Waals surface area contributed by atoms with E-state index in [-0.39, 0.29) is 66.7 Å². The van der Waals surface area contributed by atoms with E-state index in [1.165, 1.54) is 24.8 Å². The van der Waals surface area contributed by atoms with Gasteiger partial charge in [-0.2, -0.15) is 5.30 Å². The molecule has 0 N–H and O–H groups in total. The van der Waals surface area contributed by atoms with Crippen LogP contribution in [0, 0.1) is 6.92 Å². The molecule has 0 aliphatic rings. The van der Waals surface area contributed by atoms with Crippen molar-refractivity contribution in [1.29, 1.82) is 0 Å². The average Bonchev–Trinajstić information content (AvgIpc) is 2.33. The largest absolute Gasteiger partial charge is 2.00 e. The predicted octanol–water partition coefficient (Wildman–Crippen LogP) is -6.47. The smallest absolute Gasteiger partial charge is 1.00 e. The van der Waals surface area contributed by atoms with Gasteiger partial charge in [-0.1, -0.05) is 42.0 Å². The number of rotatable bonds is 3. The van der Waals surface area contributed by atoms with E-state index in [2.05, 4.69) is 43.3 Å². The van der Waals surface area contributed by atoms with Crippen LogP contribution in [0.25, 0.3) is 0 Å². The number of methoxy groups -OCH3 is 1. The van der Waals surface area contributed by atoms with E-state index in [9.17, 15) is 0 Å². The van der Waals surface area contributed by atoms with Crippen LogP contribution in [-0.4, -0.2) is 30.2 Å². The van der Waals surface area contributed by atoms with Gasteiger partial charge in [-0.15, -0.1) is 0 Å². The molecule has 1 nitrogen and oxygen atoms in total. The third kappa shape index (κ3) is 8.15. The Morgan fingerprint density at radius 1 is 0.800 bits per heavy atom. The molecule has 0 saturated carbocycles. The van der Waals surface area contributed by atoms with Gasteiger partial charge in [-0.25, -0.2) is 5.30 Å². The fraction of sp³-hybridized carbons (Fsp3) is 0.143. The van der Waals surface area contributed by atoms with Crippen LogP contribution in [0.4, 0.5) is 0 Å². The first-order valence-corrected chi connectivity index (χ1v) is 6.10. The molecule has 6 heteroatoms. The second kappa shape index (κ2) is 13.3. The van der Waals surface area contributed by atoms with Crippen LogP contribution in [-0.2, 0) is 0 Å². The molecule has 0 heterocycles. The molecule has 0 bridgehead atoms. The quantitative estimate of drug-likeness (QED) is 0.402. The minimum atomic E-state index is 0. The molecule has 2 aromatic carbocycles. The van der Waals surface area contributed by atoms with Crippen molar-refractivity contribution in [3.05, 3.63) is 54.1 Å². The van der Waals surface area contributed by atoms with E-state index >= 15 is 0 Å². The molecule has 0 aliphatic carbocycles. The first-order chi connectivity index (χ1) is 7.78. The zero-order valence-electron chi connectivity index (χ0n) is 11.9. The summed E-state index contributed by atoms with van der Waals surface area (Å²) in [5.74, 6) is 0.905. The molecule has 0 saturated heterocycles. The normalized spacial score (nSPS) is 8.70. The summed E-state index contributed by atoms with van der Waals surface area (Å²) in [4.78, 5) is 0. The molecule has 98 valence electrons. The number of hydrogen-bond acceptors (Lipinski definition) is 1. The van der Waals surface area contributed by atoms with E-state index in [0.717, 1.165) is 5.75 Å². The fourth-order valence-corrected chi connectivity index (χ4v) is 2.32. The summed E-state index contributed by atoms with van der Waals surface area (Å²) in [6.45, 7) is 2.11. The Balaban J connectivity index is -0.000000722. The minimum Gasteiger partial charge on any atom is -1.00 e. The number of hydrogen-bond donors (Lipinski definition) is 0. The molecular weight excluding hydrogens is 317 g/mol. The van der Waals surface area contributed by atoms with Crippen LogP contribution in [0.1, 0.15) is 5.56 Å². The van der Waals surface area contributed by atoms with Crippen molar-refractivity contribution in [2.24, 2.45) is 0 Å². The first kappa shape index (κ1) is 25.6. The second-order valence-corrected chi connectivity index (χ2v) is 4.90. The number of ether oxygens (including phenoxy) is 1. The van der Waals surface area contributed by atoms with E-state index in [4.69, 9.17) is 4.74 Å². The van der Waals surface area contributed by atoms with E-state index in [1.807, 2.05) is 12.1 Å². The van der Waals surface area contributed by atoms with Gasteiger partial charge in [-0.3, -0.25) is 0 Å². The second-order valence-electron chi connectivity index (χ2n) is 3.65. The Labute approximate surface area is 163 Å². The van der Waals surface area contributed by atoms with Gasteiger partial charge in [0.2, 0.25) is 0 Å². The zero-order chi connectivity index (χ0) is 11.4. The summed E-state index contributed by atoms with van der Waals surface area (Å²) in [6.07, 6.45) is 0. The maximum Gasteiger partial charge on any atom is 2.00 e. The van der Waals surface area contributed by atoms with Crippen molar-refractivity contribution < 1.29 is 48.4 Å². The summed E-state index contributed by atoms with van der Waals surface area (Å²) in [5.41, 5.74) is 1.30. The van der Waals surface area contributed by atoms with Crippen LogP contribution < -0.4 is 59.0 Å². The molecule has 0 unspecified atom stereocenters. The summed E-state index contributed by atoms with van der Waals surface area (Å²) in [5, 5.41) is 2.60. The third-order valence-corrected chi connectivity index (χ3v) is 3.48. The van der Waals surface area contributed by atoms with Gasteiger partial charge in [-0.05, 0) is 19.1 Å². The van der Waals surface area contributed by atoms with E-state index in [0.29, 0.717) is 0 Å². The van der Waals surface area contributed by atoms with Gasteiger partial charge in [0.1, 0.15) is 5.75 Å². The van der Waals surface area contributed by atoms with Gasteiger partial charge in [0.25, 0.3) is 0 Å². The Bertz CT molecular complexity index is 466. The standard InChI is InChI=1S/C14H14OP.2ClH.Li.Mg/c1-11-3-7-13(8-4-11)16-14-9-5-12(15-2)6-10-14;;;;/h3-10H,1-2H3;2*1H;;/q-1;;;+1;+2/p-2. The Kier molecular flexibility index (Phi) is 17.0. The van der Waals surface area contributed by atoms with Gasteiger partial charge in [0, 0.05) is 0 Å². The minimum absolute atomic E-state index is 0. The topological polar surface area (TPSA) is 9.23 Å².